The van der Waals surface area contributed by atoms with Crippen LogP contribution in [-0.2, 0) is 11.2 Å². The zero-order valence-corrected chi connectivity index (χ0v) is 18.8. The fourth-order valence-electron chi connectivity index (χ4n) is 3.75. The lowest BCUT2D eigenvalue weighted by atomic mass is 9.96. The van der Waals surface area contributed by atoms with Gasteiger partial charge in [-0.15, -0.1) is 0 Å². The van der Waals surface area contributed by atoms with Crippen molar-refractivity contribution in [2.75, 3.05) is 18.5 Å². The largest absolute Gasteiger partial charge is 0.478 e. The third-order valence-electron chi connectivity index (χ3n) is 5.03. The van der Waals surface area contributed by atoms with Crippen molar-refractivity contribution in [3.05, 3.63) is 47.2 Å². The average molecular weight is 450 g/mol. The fraction of sp³-hybridized carbons (Fsp3) is 0.381. The molecule has 1 atom stereocenters. The van der Waals surface area contributed by atoms with Gasteiger partial charge in [0.25, 0.3) is 5.91 Å². The molecule has 1 aromatic heterocycles. The first kappa shape index (κ1) is 22.7. The molecule has 2 N–H and O–H groups in total. The molecule has 0 saturated heterocycles. The van der Waals surface area contributed by atoms with E-state index in [0.717, 1.165) is 17.0 Å². The van der Waals surface area contributed by atoms with E-state index in [0.29, 0.717) is 30.2 Å². The number of ether oxygens (including phenoxy) is 1. The average Bonchev–Trinajstić information content (AvgIpc) is 2.65. The van der Waals surface area contributed by atoms with Gasteiger partial charge in [0.2, 0.25) is 5.88 Å². The molecule has 2 amide bonds. The molecule has 0 bridgehead atoms. The number of halogens is 2. The minimum absolute atomic E-state index is 0.0494. The lowest BCUT2D eigenvalue weighted by molar-refractivity contribution is -0.121. The highest BCUT2D eigenvalue weighted by Gasteiger charge is 2.37. The lowest BCUT2D eigenvalue weighted by Crippen LogP contribution is -2.45. The predicted molar refractivity (Wildman–Crippen MR) is 115 cm³/mol. The van der Waals surface area contributed by atoms with E-state index in [2.05, 4.69) is 10.3 Å². The second-order valence-electron chi connectivity index (χ2n) is 8.30. The second kappa shape index (κ2) is 8.62. The van der Waals surface area contributed by atoms with E-state index in [9.17, 15) is 23.5 Å². The van der Waals surface area contributed by atoms with Gasteiger partial charge in [0, 0.05) is 35.5 Å². The van der Waals surface area contributed by atoms with E-state index < -0.39 is 37.8 Å². The summed E-state index contributed by atoms with van der Waals surface area (Å²) >= 11 is 0. The van der Waals surface area contributed by atoms with Crippen LogP contribution in [0.15, 0.2) is 24.3 Å². The Morgan fingerprint density at radius 3 is 2.45 bits per heavy atom. The van der Waals surface area contributed by atoms with E-state index in [1.54, 1.807) is 12.1 Å². The molecule has 0 fully saturated rings. The number of aromatic nitrogens is 1. The Morgan fingerprint density at radius 1 is 1.26 bits per heavy atom. The molecule has 0 radical (unpaired) electrons. The van der Waals surface area contributed by atoms with Crippen molar-refractivity contribution < 1.29 is 28.2 Å². The summed E-state index contributed by atoms with van der Waals surface area (Å²) in [5, 5.41) is 12.1. The molecule has 166 valence electrons. The van der Waals surface area contributed by atoms with Crippen LogP contribution in [0, 0.1) is 11.6 Å². The molecule has 0 spiro atoms. The Kier molecular flexibility index (Phi) is 6.30. The van der Waals surface area contributed by atoms with Gasteiger partial charge in [0.05, 0.1) is 20.4 Å². The zero-order valence-electron chi connectivity index (χ0n) is 17.8. The predicted octanol–water partition coefficient (Wildman–Crippen LogP) is 3.52. The highest BCUT2D eigenvalue weighted by atomic mass is 28.3. The number of nitrogens with one attached hydrogen (secondary N) is 1. The number of nitrogens with zero attached hydrogens (tertiary/aromatic N) is 2. The second-order valence-corrected chi connectivity index (χ2v) is 13.3. The van der Waals surface area contributed by atoms with Crippen molar-refractivity contribution in [3.8, 4) is 5.88 Å². The van der Waals surface area contributed by atoms with E-state index in [1.165, 1.54) is 0 Å². The molecule has 3 rings (SSSR count). The Labute approximate surface area is 180 Å². The Morgan fingerprint density at radius 2 is 1.90 bits per heavy atom. The molecule has 10 heteroatoms. The van der Waals surface area contributed by atoms with Crippen molar-refractivity contribution in [1.82, 2.24) is 9.88 Å². The topological polar surface area (TPSA) is 91.8 Å². The number of hydrogen-bond donors (Lipinski definition) is 2. The number of benzene rings is 1. The van der Waals surface area contributed by atoms with E-state index >= 15 is 0 Å². The maximum atomic E-state index is 14.6. The van der Waals surface area contributed by atoms with Crippen LogP contribution in [0.25, 0.3) is 0 Å². The van der Waals surface area contributed by atoms with Crippen LogP contribution < -0.4 is 15.2 Å². The molecule has 31 heavy (non-hydrogen) atoms. The minimum atomic E-state index is -2.27. The summed E-state index contributed by atoms with van der Waals surface area (Å²) < 4.78 is 34.5. The van der Waals surface area contributed by atoms with Gasteiger partial charge >= 0.3 is 6.09 Å². The quantitative estimate of drug-likeness (QED) is 0.682. The van der Waals surface area contributed by atoms with Gasteiger partial charge in [-0.1, -0.05) is 19.6 Å². The first-order valence-corrected chi connectivity index (χ1v) is 13.5. The molecule has 0 saturated carbocycles. The molecule has 2 aromatic rings. The van der Waals surface area contributed by atoms with Crippen LogP contribution in [0.2, 0.25) is 19.6 Å². The smallest absolute Gasteiger partial charge is 0.408 e. The van der Waals surface area contributed by atoms with Crippen LogP contribution in [0.4, 0.5) is 19.3 Å². The van der Waals surface area contributed by atoms with Crippen molar-refractivity contribution in [1.29, 1.82) is 0 Å². The summed E-state index contributed by atoms with van der Waals surface area (Å²) in [6, 6.07) is 4.10. The molecule has 0 unspecified atom stereocenters. The maximum Gasteiger partial charge on any atom is 0.408 e. The molecular weight excluding hydrogens is 424 g/mol. The number of carboxylic acid groups (broad SMARTS) is 1. The Balaban J connectivity index is 1.95. The molecular formula is C21H25F2N3O4Si. The molecule has 2 heterocycles. The highest BCUT2D eigenvalue weighted by molar-refractivity contribution is 6.88. The number of hydrogen-bond acceptors (Lipinski definition) is 4. The van der Waals surface area contributed by atoms with Crippen molar-refractivity contribution in [3.63, 3.8) is 0 Å². The van der Waals surface area contributed by atoms with E-state index in [4.69, 9.17) is 4.74 Å². The van der Waals surface area contributed by atoms with Crippen LogP contribution in [0.3, 0.4) is 0 Å². The van der Waals surface area contributed by atoms with Crippen LogP contribution in [-0.4, -0.2) is 48.2 Å². The van der Waals surface area contributed by atoms with Crippen LogP contribution in [0.1, 0.15) is 24.2 Å². The van der Waals surface area contributed by atoms with Gasteiger partial charge in [0.1, 0.15) is 17.7 Å². The van der Waals surface area contributed by atoms with E-state index in [-0.39, 0.29) is 17.4 Å². The van der Waals surface area contributed by atoms with Gasteiger partial charge in [-0.2, -0.15) is 0 Å². The van der Waals surface area contributed by atoms with Gasteiger partial charge < -0.3 is 15.2 Å². The summed E-state index contributed by atoms with van der Waals surface area (Å²) in [6.45, 7) is 7.75. The summed E-state index contributed by atoms with van der Waals surface area (Å²) in [4.78, 5) is 30.2. The Hall–Kier alpha value is -3.01. The summed E-state index contributed by atoms with van der Waals surface area (Å²) in [6.07, 6.45) is -0.952. The number of carbonyl (C=O) groups excluding carboxylic acids is 1. The number of fused-ring (bicyclic) bond motifs is 1. The Bertz CT molecular complexity index is 1000. The van der Waals surface area contributed by atoms with Crippen LogP contribution >= 0.6 is 0 Å². The highest BCUT2D eigenvalue weighted by Crippen LogP contribution is 2.31. The summed E-state index contributed by atoms with van der Waals surface area (Å²) in [7, 11) is -2.27. The SMILES string of the molecule is CCOc1ccc2c(n1)CCN(C(=O)O)[C@@H]2C(=O)Nc1cc(F)c([Si](C)(C)C)c(F)c1. The van der Waals surface area contributed by atoms with Crippen molar-refractivity contribution in [2.24, 2.45) is 0 Å². The fourth-order valence-corrected chi connectivity index (χ4v) is 5.33. The number of carbonyl (C=O) groups is 2. The normalized spacial score (nSPS) is 15.9. The van der Waals surface area contributed by atoms with Gasteiger partial charge in [0.15, 0.2) is 0 Å². The molecule has 0 aliphatic carbocycles. The van der Waals surface area contributed by atoms with Gasteiger partial charge in [-0.3, -0.25) is 9.69 Å². The first-order chi connectivity index (χ1) is 14.5. The number of anilines is 1. The molecule has 1 aromatic carbocycles. The molecule has 1 aliphatic rings. The summed E-state index contributed by atoms with van der Waals surface area (Å²) in [5.74, 6) is -1.78. The van der Waals surface area contributed by atoms with Gasteiger partial charge in [-0.05, 0) is 25.1 Å². The number of amides is 2. The standard InChI is InChI=1S/C21H25F2N3O4Si/c1-5-30-17-7-6-13-16(25-17)8-9-26(21(28)29)18(13)20(27)24-12-10-14(22)19(15(23)11-12)31(2,3)4/h6-7,10-11,18H,5,8-9H2,1-4H3,(H,24,27)(H,28,29)/t18-/m0/s1. The van der Waals surface area contributed by atoms with Crippen molar-refractivity contribution >= 4 is 30.9 Å². The lowest BCUT2D eigenvalue weighted by Gasteiger charge is -2.34. The number of rotatable bonds is 5. The van der Waals surface area contributed by atoms with Gasteiger partial charge in [-0.25, -0.2) is 18.6 Å². The molecule has 1 aliphatic heterocycles. The van der Waals surface area contributed by atoms with Crippen molar-refractivity contribution in [2.45, 2.75) is 39.0 Å². The first-order valence-electron chi connectivity index (χ1n) is 9.95. The monoisotopic (exact) mass is 449 g/mol. The maximum absolute atomic E-state index is 14.6. The minimum Gasteiger partial charge on any atom is -0.478 e. The van der Waals surface area contributed by atoms with Crippen LogP contribution in [0.5, 0.6) is 5.88 Å². The zero-order chi connectivity index (χ0) is 22.9. The molecule has 7 nitrogen and oxygen atoms in total. The summed E-state index contributed by atoms with van der Waals surface area (Å²) in [5.41, 5.74) is 0.891. The number of pyridine rings is 1. The van der Waals surface area contributed by atoms with E-state index in [1.807, 2.05) is 26.6 Å². The third-order valence-corrected chi connectivity index (χ3v) is 7.00. The third kappa shape index (κ3) is 4.68.